The van der Waals surface area contributed by atoms with Gasteiger partial charge in [-0.25, -0.2) is 4.39 Å². The Morgan fingerprint density at radius 3 is 2.85 bits per heavy atom. The third-order valence-corrected chi connectivity index (χ3v) is 2.56. The van der Waals surface area contributed by atoms with E-state index in [9.17, 15) is 4.39 Å². The van der Waals surface area contributed by atoms with E-state index in [4.69, 9.17) is 0 Å². The quantitative estimate of drug-likeness (QED) is 0.786. The SMILES string of the molecule is CN1CC(F)(Cn2cc(Br)cn2)C1. The number of nitrogens with zero attached hydrogens (tertiary/aromatic N) is 3. The molecule has 0 aliphatic carbocycles. The first-order valence-corrected chi connectivity index (χ1v) is 4.92. The van der Waals surface area contributed by atoms with E-state index in [1.54, 1.807) is 17.1 Å². The highest BCUT2D eigenvalue weighted by Gasteiger charge is 2.41. The Hall–Kier alpha value is -0.420. The summed E-state index contributed by atoms with van der Waals surface area (Å²) in [5, 5.41) is 4.02. The summed E-state index contributed by atoms with van der Waals surface area (Å²) in [4.78, 5) is 1.96. The second-order valence-corrected chi connectivity index (χ2v) is 4.59. The molecule has 72 valence electrons. The number of hydrogen-bond acceptors (Lipinski definition) is 2. The third-order valence-electron chi connectivity index (χ3n) is 2.15. The molecule has 2 rings (SSSR count). The van der Waals surface area contributed by atoms with Crippen molar-refractivity contribution in [1.82, 2.24) is 14.7 Å². The van der Waals surface area contributed by atoms with Crippen molar-refractivity contribution in [2.75, 3.05) is 20.1 Å². The molecule has 0 unspecified atom stereocenters. The summed E-state index contributed by atoms with van der Waals surface area (Å²) in [7, 11) is 1.91. The van der Waals surface area contributed by atoms with Crippen molar-refractivity contribution >= 4 is 15.9 Å². The number of aromatic nitrogens is 2. The van der Waals surface area contributed by atoms with Crippen molar-refractivity contribution in [2.45, 2.75) is 12.2 Å². The molecule has 0 atom stereocenters. The van der Waals surface area contributed by atoms with E-state index in [2.05, 4.69) is 21.0 Å². The van der Waals surface area contributed by atoms with Crippen LogP contribution in [0.2, 0.25) is 0 Å². The van der Waals surface area contributed by atoms with Gasteiger partial charge in [0, 0.05) is 19.3 Å². The van der Waals surface area contributed by atoms with Crippen LogP contribution in [0.15, 0.2) is 16.9 Å². The Labute approximate surface area is 84.7 Å². The average molecular weight is 248 g/mol. The monoisotopic (exact) mass is 247 g/mol. The maximum atomic E-state index is 13.7. The molecular formula is C8H11BrFN3. The van der Waals surface area contributed by atoms with Crippen molar-refractivity contribution in [3.8, 4) is 0 Å². The van der Waals surface area contributed by atoms with Crippen LogP contribution in [0.1, 0.15) is 0 Å². The van der Waals surface area contributed by atoms with Crippen molar-refractivity contribution in [2.24, 2.45) is 0 Å². The summed E-state index contributed by atoms with van der Waals surface area (Å²) in [5.41, 5.74) is -1.08. The molecule has 2 heterocycles. The van der Waals surface area contributed by atoms with Crippen LogP contribution in [-0.4, -0.2) is 40.5 Å². The van der Waals surface area contributed by atoms with Gasteiger partial charge in [0.1, 0.15) is 0 Å². The molecule has 0 saturated carbocycles. The van der Waals surface area contributed by atoms with Gasteiger partial charge < -0.3 is 0 Å². The summed E-state index contributed by atoms with van der Waals surface area (Å²) in [6.07, 6.45) is 3.46. The minimum absolute atomic E-state index is 0.350. The summed E-state index contributed by atoms with van der Waals surface area (Å²) < 4.78 is 16.3. The van der Waals surface area contributed by atoms with E-state index in [1.165, 1.54) is 0 Å². The van der Waals surface area contributed by atoms with Gasteiger partial charge in [-0.05, 0) is 23.0 Å². The van der Waals surface area contributed by atoms with Gasteiger partial charge in [-0.1, -0.05) is 0 Å². The number of hydrogen-bond donors (Lipinski definition) is 0. The largest absolute Gasteiger partial charge is 0.300 e. The zero-order chi connectivity index (χ0) is 9.47. The summed E-state index contributed by atoms with van der Waals surface area (Å²) in [6, 6.07) is 0. The van der Waals surface area contributed by atoms with Crippen LogP contribution in [0, 0.1) is 0 Å². The van der Waals surface area contributed by atoms with Gasteiger partial charge in [-0.3, -0.25) is 9.58 Å². The van der Waals surface area contributed by atoms with E-state index in [0.29, 0.717) is 19.6 Å². The molecule has 1 saturated heterocycles. The lowest BCUT2D eigenvalue weighted by Crippen LogP contribution is -2.59. The van der Waals surface area contributed by atoms with Crippen molar-refractivity contribution < 1.29 is 4.39 Å². The fourth-order valence-corrected chi connectivity index (χ4v) is 2.06. The fraction of sp³-hybridized carbons (Fsp3) is 0.625. The van der Waals surface area contributed by atoms with Crippen molar-refractivity contribution in [3.63, 3.8) is 0 Å². The van der Waals surface area contributed by atoms with Crippen LogP contribution in [0.5, 0.6) is 0 Å². The predicted molar refractivity (Wildman–Crippen MR) is 51.3 cm³/mol. The smallest absolute Gasteiger partial charge is 0.155 e. The fourth-order valence-electron chi connectivity index (χ4n) is 1.74. The molecule has 1 aliphatic heterocycles. The minimum atomic E-state index is -1.08. The van der Waals surface area contributed by atoms with E-state index in [1.807, 2.05) is 11.9 Å². The molecule has 0 bridgehead atoms. The Balaban J connectivity index is 1.99. The highest BCUT2D eigenvalue weighted by atomic mass is 79.9. The van der Waals surface area contributed by atoms with Gasteiger partial charge in [-0.2, -0.15) is 5.10 Å². The Kier molecular flexibility index (Phi) is 2.15. The Morgan fingerprint density at radius 2 is 2.38 bits per heavy atom. The first-order chi connectivity index (χ1) is 6.07. The van der Waals surface area contributed by atoms with Crippen LogP contribution in [0.3, 0.4) is 0 Å². The number of alkyl halides is 1. The normalized spacial score (nSPS) is 21.5. The highest BCUT2D eigenvalue weighted by Crippen LogP contribution is 2.25. The molecule has 3 nitrogen and oxygen atoms in total. The highest BCUT2D eigenvalue weighted by molar-refractivity contribution is 9.10. The molecule has 0 amide bonds. The zero-order valence-electron chi connectivity index (χ0n) is 7.37. The lowest BCUT2D eigenvalue weighted by molar-refractivity contribution is -0.0303. The lowest BCUT2D eigenvalue weighted by atomic mass is 9.97. The first-order valence-electron chi connectivity index (χ1n) is 4.13. The molecule has 5 heteroatoms. The van der Waals surface area contributed by atoms with Gasteiger partial charge in [0.25, 0.3) is 0 Å². The van der Waals surface area contributed by atoms with Crippen molar-refractivity contribution in [1.29, 1.82) is 0 Å². The molecule has 1 aromatic rings. The number of likely N-dealkylation sites (tertiary alicyclic amines) is 1. The summed E-state index contributed by atoms with van der Waals surface area (Å²) in [5.74, 6) is 0. The lowest BCUT2D eigenvalue weighted by Gasteiger charge is -2.41. The summed E-state index contributed by atoms with van der Waals surface area (Å²) >= 11 is 3.28. The van der Waals surface area contributed by atoms with Gasteiger partial charge >= 0.3 is 0 Å². The van der Waals surface area contributed by atoms with Crippen LogP contribution in [0.4, 0.5) is 4.39 Å². The second kappa shape index (κ2) is 3.06. The number of halogens is 2. The zero-order valence-corrected chi connectivity index (χ0v) is 8.96. The van der Waals surface area contributed by atoms with Gasteiger partial charge in [0.2, 0.25) is 0 Å². The van der Waals surface area contributed by atoms with E-state index < -0.39 is 5.67 Å². The maximum absolute atomic E-state index is 13.7. The van der Waals surface area contributed by atoms with Gasteiger partial charge in [-0.15, -0.1) is 0 Å². The number of rotatable bonds is 2. The molecule has 0 aromatic carbocycles. The van der Waals surface area contributed by atoms with Crippen LogP contribution >= 0.6 is 15.9 Å². The third kappa shape index (κ3) is 1.91. The molecule has 13 heavy (non-hydrogen) atoms. The Morgan fingerprint density at radius 1 is 1.69 bits per heavy atom. The molecule has 1 fully saturated rings. The molecule has 1 aliphatic rings. The van der Waals surface area contributed by atoms with E-state index >= 15 is 0 Å². The molecule has 0 radical (unpaired) electrons. The van der Waals surface area contributed by atoms with Crippen LogP contribution in [-0.2, 0) is 6.54 Å². The predicted octanol–water partition coefficient (Wildman–Crippen LogP) is 1.30. The van der Waals surface area contributed by atoms with Gasteiger partial charge in [0.15, 0.2) is 5.67 Å². The van der Waals surface area contributed by atoms with Crippen LogP contribution in [0.25, 0.3) is 0 Å². The maximum Gasteiger partial charge on any atom is 0.155 e. The van der Waals surface area contributed by atoms with Crippen LogP contribution < -0.4 is 0 Å². The molecule has 0 spiro atoms. The molecular weight excluding hydrogens is 237 g/mol. The first kappa shape index (κ1) is 9.15. The van der Waals surface area contributed by atoms with Gasteiger partial charge in [0.05, 0.1) is 17.2 Å². The molecule has 1 aromatic heterocycles. The molecule has 0 N–H and O–H groups in total. The van der Waals surface area contributed by atoms with E-state index in [-0.39, 0.29) is 0 Å². The topological polar surface area (TPSA) is 21.1 Å². The second-order valence-electron chi connectivity index (χ2n) is 3.68. The summed E-state index contributed by atoms with van der Waals surface area (Å²) in [6.45, 7) is 1.36. The standard InChI is InChI=1S/C8H11BrFN3/c1-12-4-8(10,5-12)6-13-3-7(9)2-11-13/h2-3H,4-6H2,1H3. The Bertz CT molecular complexity index is 306. The minimum Gasteiger partial charge on any atom is -0.300 e. The van der Waals surface area contributed by atoms with Crippen molar-refractivity contribution in [3.05, 3.63) is 16.9 Å². The van der Waals surface area contributed by atoms with E-state index in [0.717, 1.165) is 4.47 Å². The average Bonchev–Trinajstić information content (AvgIpc) is 2.32.